The maximum Gasteiger partial charge on any atom is 0.313 e. The molecule has 1 saturated heterocycles. The van der Waals surface area contributed by atoms with Gasteiger partial charge in [-0.2, -0.15) is 0 Å². The zero-order valence-electron chi connectivity index (χ0n) is 12.5. The molecule has 1 N–H and O–H groups in total. The van der Waals surface area contributed by atoms with E-state index in [-0.39, 0.29) is 19.1 Å². The minimum Gasteiger partial charge on any atom is -0.481 e. The Morgan fingerprint density at radius 1 is 1.57 bits per heavy atom. The quantitative estimate of drug-likeness (QED) is 0.897. The van der Waals surface area contributed by atoms with Crippen LogP contribution in [0.1, 0.15) is 16.1 Å². The van der Waals surface area contributed by atoms with E-state index in [0.29, 0.717) is 28.6 Å². The van der Waals surface area contributed by atoms with E-state index in [0.717, 1.165) is 0 Å². The van der Waals surface area contributed by atoms with Crippen molar-refractivity contribution in [2.75, 3.05) is 26.8 Å². The van der Waals surface area contributed by atoms with Crippen molar-refractivity contribution in [2.24, 2.45) is 5.41 Å². The summed E-state index contributed by atoms with van der Waals surface area (Å²) in [5, 5.41) is 10.1. The van der Waals surface area contributed by atoms with Crippen molar-refractivity contribution in [1.29, 1.82) is 0 Å². The van der Waals surface area contributed by atoms with Crippen LogP contribution in [0.5, 0.6) is 0 Å². The van der Waals surface area contributed by atoms with E-state index in [9.17, 15) is 14.7 Å². The topological polar surface area (TPSA) is 92.9 Å². The van der Waals surface area contributed by atoms with Crippen molar-refractivity contribution >= 4 is 23.2 Å². The van der Waals surface area contributed by atoms with Crippen LogP contribution in [0.2, 0.25) is 0 Å². The van der Waals surface area contributed by atoms with E-state index in [2.05, 4.69) is 4.98 Å². The number of ether oxygens (including phenoxy) is 1. The summed E-state index contributed by atoms with van der Waals surface area (Å²) in [7, 11) is 1.47. The minimum atomic E-state index is -1.03. The highest BCUT2D eigenvalue weighted by Gasteiger charge is 2.46. The molecule has 8 heteroatoms. The Morgan fingerprint density at radius 3 is 3.04 bits per heavy atom. The number of carbonyl (C=O) groups is 2. The summed E-state index contributed by atoms with van der Waals surface area (Å²) in [6.45, 7) is 0.623. The van der Waals surface area contributed by atoms with Crippen LogP contribution in [0.15, 0.2) is 29.0 Å². The second kappa shape index (κ2) is 6.13. The zero-order chi connectivity index (χ0) is 16.4. The first-order valence-electron chi connectivity index (χ1n) is 7.07. The summed E-state index contributed by atoms with van der Waals surface area (Å²) in [5.41, 5.74) is -1.03. The third-order valence-corrected chi connectivity index (χ3v) is 4.96. The predicted octanol–water partition coefficient (Wildman–Crippen LogP) is 1.97. The van der Waals surface area contributed by atoms with E-state index >= 15 is 0 Å². The molecule has 122 valence electrons. The van der Waals surface area contributed by atoms with Gasteiger partial charge in [0.05, 0.1) is 19.1 Å². The number of hydrogen-bond donors (Lipinski definition) is 1. The standard InChI is InChI=1S/C15H16N2O5S/c1-21-9-15(14(19)20)4-5-17(8-15)13(18)11-7-16-12(23-11)10-3-2-6-22-10/h2-3,6-7H,4-5,8-9H2,1H3,(H,19,20). The number of hydrogen-bond acceptors (Lipinski definition) is 6. The summed E-state index contributed by atoms with van der Waals surface area (Å²) < 4.78 is 10.3. The van der Waals surface area contributed by atoms with Gasteiger partial charge < -0.3 is 19.2 Å². The van der Waals surface area contributed by atoms with Gasteiger partial charge in [0.2, 0.25) is 0 Å². The summed E-state index contributed by atoms with van der Waals surface area (Å²) >= 11 is 1.23. The van der Waals surface area contributed by atoms with Crippen molar-refractivity contribution in [3.8, 4) is 10.8 Å². The summed E-state index contributed by atoms with van der Waals surface area (Å²) in [6, 6.07) is 3.53. The van der Waals surface area contributed by atoms with Crippen LogP contribution in [0.3, 0.4) is 0 Å². The van der Waals surface area contributed by atoms with Gasteiger partial charge in [0.25, 0.3) is 5.91 Å². The highest BCUT2D eigenvalue weighted by molar-refractivity contribution is 7.16. The van der Waals surface area contributed by atoms with Gasteiger partial charge in [0.1, 0.15) is 10.3 Å². The smallest absolute Gasteiger partial charge is 0.313 e. The molecular formula is C15H16N2O5S. The average molecular weight is 336 g/mol. The van der Waals surface area contributed by atoms with Crippen LogP contribution in [-0.2, 0) is 9.53 Å². The molecule has 1 amide bonds. The number of furan rings is 1. The number of amides is 1. The molecule has 1 aliphatic heterocycles. The number of carboxylic acid groups (broad SMARTS) is 1. The minimum absolute atomic E-state index is 0.0897. The van der Waals surface area contributed by atoms with Crippen LogP contribution >= 0.6 is 11.3 Å². The number of aliphatic carboxylic acids is 1. The number of thiazole rings is 1. The van der Waals surface area contributed by atoms with Crippen LogP contribution in [0, 0.1) is 5.41 Å². The molecule has 1 fully saturated rings. The maximum absolute atomic E-state index is 12.6. The first kappa shape index (κ1) is 15.7. The second-order valence-electron chi connectivity index (χ2n) is 5.50. The molecule has 7 nitrogen and oxygen atoms in total. The molecule has 1 aliphatic rings. The van der Waals surface area contributed by atoms with Gasteiger partial charge in [-0.1, -0.05) is 0 Å². The van der Waals surface area contributed by atoms with E-state index in [1.165, 1.54) is 24.6 Å². The van der Waals surface area contributed by atoms with Gasteiger partial charge in [0.15, 0.2) is 10.8 Å². The zero-order valence-corrected chi connectivity index (χ0v) is 13.3. The van der Waals surface area contributed by atoms with Gasteiger partial charge >= 0.3 is 5.97 Å². The lowest BCUT2D eigenvalue weighted by Gasteiger charge is -2.23. The summed E-state index contributed by atoms with van der Waals surface area (Å²) in [6.07, 6.45) is 3.43. The Kier molecular flexibility index (Phi) is 4.18. The Hall–Kier alpha value is -2.19. The molecule has 1 atom stereocenters. The van der Waals surface area contributed by atoms with Gasteiger partial charge in [-0.25, -0.2) is 4.98 Å². The van der Waals surface area contributed by atoms with Crippen LogP contribution in [-0.4, -0.2) is 53.7 Å². The van der Waals surface area contributed by atoms with E-state index in [1.54, 1.807) is 23.3 Å². The molecule has 23 heavy (non-hydrogen) atoms. The molecule has 2 aromatic rings. The molecular weight excluding hydrogens is 320 g/mol. The molecule has 0 bridgehead atoms. The third kappa shape index (κ3) is 2.87. The van der Waals surface area contributed by atoms with Gasteiger partial charge in [-0.3, -0.25) is 9.59 Å². The lowest BCUT2D eigenvalue weighted by molar-refractivity contribution is -0.151. The summed E-state index contributed by atoms with van der Waals surface area (Å²) in [4.78, 5) is 30.3. The van der Waals surface area contributed by atoms with Crippen molar-refractivity contribution in [1.82, 2.24) is 9.88 Å². The molecule has 1 unspecified atom stereocenters. The second-order valence-corrected chi connectivity index (χ2v) is 6.53. The molecule has 0 aromatic carbocycles. The molecule has 3 heterocycles. The highest BCUT2D eigenvalue weighted by Crippen LogP contribution is 2.33. The molecule has 0 radical (unpaired) electrons. The van der Waals surface area contributed by atoms with E-state index < -0.39 is 11.4 Å². The van der Waals surface area contributed by atoms with Crippen molar-refractivity contribution in [2.45, 2.75) is 6.42 Å². The molecule has 0 aliphatic carbocycles. The average Bonchev–Trinajstić information content (AvgIpc) is 3.27. The number of rotatable bonds is 5. The van der Waals surface area contributed by atoms with Gasteiger partial charge in [-0.05, 0) is 18.6 Å². The van der Waals surface area contributed by atoms with E-state index in [1.807, 2.05) is 0 Å². The maximum atomic E-state index is 12.6. The van der Waals surface area contributed by atoms with Crippen LogP contribution < -0.4 is 0 Å². The van der Waals surface area contributed by atoms with E-state index in [4.69, 9.17) is 9.15 Å². The predicted molar refractivity (Wildman–Crippen MR) is 82.3 cm³/mol. The fourth-order valence-electron chi connectivity index (χ4n) is 2.72. The Balaban J connectivity index is 1.76. The lowest BCUT2D eigenvalue weighted by Crippen LogP contribution is -2.40. The SMILES string of the molecule is COCC1(C(=O)O)CCN(C(=O)c2cnc(-c3ccco3)s2)C1. The van der Waals surface area contributed by atoms with Crippen molar-refractivity contribution < 1.29 is 23.8 Å². The lowest BCUT2D eigenvalue weighted by atomic mass is 9.88. The number of carbonyl (C=O) groups excluding carboxylic acids is 1. The normalized spacial score (nSPS) is 20.8. The van der Waals surface area contributed by atoms with Gasteiger partial charge in [0, 0.05) is 20.2 Å². The summed E-state index contributed by atoms with van der Waals surface area (Å²) in [5.74, 6) is -0.537. The first-order chi connectivity index (χ1) is 11.1. The Labute approximate surface area is 136 Å². The third-order valence-electron chi connectivity index (χ3n) is 3.96. The molecule has 0 saturated carbocycles. The van der Waals surface area contributed by atoms with Crippen LogP contribution in [0.25, 0.3) is 10.8 Å². The number of aromatic nitrogens is 1. The molecule has 0 spiro atoms. The van der Waals surface area contributed by atoms with Crippen LogP contribution in [0.4, 0.5) is 0 Å². The fourth-order valence-corrected chi connectivity index (χ4v) is 3.57. The molecule has 3 rings (SSSR count). The number of likely N-dealkylation sites (tertiary alicyclic amines) is 1. The molecule has 2 aromatic heterocycles. The van der Waals surface area contributed by atoms with Crippen molar-refractivity contribution in [3.05, 3.63) is 29.5 Å². The highest BCUT2D eigenvalue weighted by atomic mass is 32.1. The Bertz CT molecular complexity index is 711. The largest absolute Gasteiger partial charge is 0.481 e. The first-order valence-corrected chi connectivity index (χ1v) is 7.89. The number of nitrogens with zero attached hydrogens (tertiary/aromatic N) is 2. The van der Waals surface area contributed by atoms with Gasteiger partial charge in [-0.15, -0.1) is 11.3 Å². The number of carboxylic acids is 1. The van der Waals surface area contributed by atoms with Crippen molar-refractivity contribution in [3.63, 3.8) is 0 Å². The fraction of sp³-hybridized carbons (Fsp3) is 0.400. The Morgan fingerprint density at radius 2 is 2.39 bits per heavy atom. The monoisotopic (exact) mass is 336 g/mol. The number of methoxy groups -OCH3 is 1.